The zero-order valence-electron chi connectivity index (χ0n) is 20.1. The van der Waals surface area contributed by atoms with Gasteiger partial charge in [-0.3, -0.25) is 4.98 Å². The number of nitrogens with one attached hydrogen (secondary N) is 1. The Kier molecular flexibility index (Phi) is 6.88. The average Bonchev–Trinajstić information content (AvgIpc) is 3.10. The number of amides is 2. The molecule has 7 heteroatoms. The lowest BCUT2D eigenvalue weighted by atomic mass is 10.0. The van der Waals surface area contributed by atoms with E-state index in [0.29, 0.717) is 24.8 Å². The van der Waals surface area contributed by atoms with E-state index in [0.717, 1.165) is 43.7 Å². The number of carbonyl (C=O) groups is 1. The number of benzene rings is 1. The molecule has 0 aliphatic carbocycles. The zero-order valence-corrected chi connectivity index (χ0v) is 20.1. The molecule has 2 amide bonds. The molecule has 1 saturated heterocycles. The summed E-state index contributed by atoms with van der Waals surface area (Å²) >= 11 is 0. The van der Waals surface area contributed by atoms with Gasteiger partial charge >= 0.3 is 6.03 Å². The van der Waals surface area contributed by atoms with Crippen LogP contribution >= 0.6 is 0 Å². The monoisotopic (exact) mass is 454 g/mol. The molecule has 178 valence electrons. The van der Waals surface area contributed by atoms with Crippen LogP contribution in [0.2, 0.25) is 0 Å². The molecule has 2 aromatic rings. The van der Waals surface area contributed by atoms with E-state index in [4.69, 9.17) is 4.74 Å². The number of hydrogen-bond acceptors (Lipinski definition) is 4. The molecular formula is C26H35FN4O2. The fourth-order valence-corrected chi connectivity index (χ4v) is 4.81. The van der Waals surface area contributed by atoms with Gasteiger partial charge in [-0.15, -0.1) is 0 Å². The number of pyridine rings is 1. The molecule has 1 N–H and O–H groups in total. The fourth-order valence-electron chi connectivity index (χ4n) is 4.81. The van der Waals surface area contributed by atoms with E-state index in [2.05, 4.69) is 49.0 Å². The van der Waals surface area contributed by atoms with Crippen LogP contribution in [0.25, 0.3) is 0 Å². The van der Waals surface area contributed by atoms with Crippen molar-refractivity contribution in [3.05, 3.63) is 59.2 Å². The molecule has 1 aromatic carbocycles. The molecule has 2 aliphatic rings. The van der Waals surface area contributed by atoms with E-state index in [1.165, 1.54) is 17.8 Å². The summed E-state index contributed by atoms with van der Waals surface area (Å²) in [5.74, 6) is 0.555. The van der Waals surface area contributed by atoms with E-state index in [-0.39, 0.29) is 23.5 Å². The van der Waals surface area contributed by atoms with Gasteiger partial charge in [0.15, 0.2) is 0 Å². The standard InChI is InChI=1S/C26H35FN4O2/c1-18(2)30-11-9-23(10-12-30)31(17-22-7-6-21(27)16-28-22)25(32)29-15-19-5-8-24-20(13-19)14-26(3,4)33-24/h5-8,13,16,18,23H,9-12,14-15,17H2,1-4H3,(H,29,32). The van der Waals surface area contributed by atoms with Crippen LogP contribution in [0, 0.1) is 5.82 Å². The third-order valence-corrected chi connectivity index (χ3v) is 6.62. The molecule has 1 fully saturated rings. The number of rotatable bonds is 6. The largest absolute Gasteiger partial charge is 0.487 e. The summed E-state index contributed by atoms with van der Waals surface area (Å²) in [4.78, 5) is 21.8. The van der Waals surface area contributed by atoms with Crippen LogP contribution in [0.15, 0.2) is 36.5 Å². The van der Waals surface area contributed by atoms with Crippen molar-refractivity contribution in [3.8, 4) is 5.75 Å². The van der Waals surface area contributed by atoms with Crippen LogP contribution in [0.1, 0.15) is 57.4 Å². The summed E-state index contributed by atoms with van der Waals surface area (Å²) in [7, 11) is 0. The SMILES string of the molecule is CC(C)N1CCC(N(Cc2ccc(F)cn2)C(=O)NCc2ccc3c(c2)CC(C)(C)O3)CC1. The molecule has 2 aliphatic heterocycles. The second-order valence-corrected chi connectivity index (χ2v) is 10.1. The zero-order chi connectivity index (χ0) is 23.6. The normalized spacial score (nSPS) is 18.1. The number of aromatic nitrogens is 1. The van der Waals surface area contributed by atoms with Crippen molar-refractivity contribution in [2.45, 2.75) is 77.7 Å². The summed E-state index contributed by atoms with van der Waals surface area (Å²) < 4.78 is 19.3. The van der Waals surface area contributed by atoms with Crippen LogP contribution in [0.5, 0.6) is 5.75 Å². The third kappa shape index (κ3) is 5.82. The predicted octanol–water partition coefficient (Wildman–Crippen LogP) is 4.52. The van der Waals surface area contributed by atoms with Crippen molar-refractivity contribution in [2.24, 2.45) is 0 Å². The Morgan fingerprint density at radius 2 is 2.03 bits per heavy atom. The molecule has 1 aromatic heterocycles. The van der Waals surface area contributed by atoms with Crippen molar-refractivity contribution in [3.63, 3.8) is 0 Å². The molecule has 33 heavy (non-hydrogen) atoms. The van der Waals surface area contributed by atoms with E-state index < -0.39 is 0 Å². The van der Waals surface area contributed by atoms with Gasteiger partial charge in [-0.1, -0.05) is 12.1 Å². The second kappa shape index (κ2) is 9.67. The first-order valence-electron chi connectivity index (χ1n) is 11.9. The van der Waals surface area contributed by atoms with Crippen LogP contribution in [0.3, 0.4) is 0 Å². The number of halogens is 1. The molecule has 0 atom stereocenters. The van der Waals surface area contributed by atoms with Crippen LogP contribution in [-0.4, -0.2) is 51.6 Å². The smallest absolute Gasteiger partial charge is 0.318 e. The Balaban J connectivity index is 1.43. The number of nitrogens with zero attached hydrogens (tertiary/aromatic N) is 3. The van der Waals surface area contributed by atoms with E-state index in [1.807, 2.05) is 17.0 Å². The van der Waals surface area contributed by atoms with Crippen molar-refractivity contribution >= 4 is 6.03 Å². The molecule has 4 rings (SSSR count). The first kappa shape index (κ1) is 23.5. The van der Waals surface area contributed by atoms with Gasteiger partial charge in [0.2, 0.25) is 0 Å². The lowest BCUT2D eigenvalue weighted by molar-refractivity contribution is 0.101. The number of carbonyl (C=O) groups excluding carboxylic acids is 1. The molecule has 3 heterocycles. The molecule has 0 bridgehead atoms. The maximum Gasteiger partial charge on any atom is 0.318 e. The molecular weight excluding hydrogens is 419 g/mol. The number of ether oxygens (including phenoxy) is 1. The highest BCUT2D eigenvalue weighted by Gasteiger charge is 2.31. The highest BCUT2D eigenvalue weighted by Crippen LogP contribution is 2.35. The van der Waals surface area contributed by atoms with Gasteiger partial charge in [-0.05, 0) is 69.9 Å². The highest BCUT2D eigenvalue weighted by atomic mass is 19.1. The maximum absolute atomic E-state index is 13.3. The van der Waals surface area contributed by atoms with E-state index in [9.17, 15) is 9.18 Å². The minimum atomic E-state index is -0.372. The Morgan fingerprint density at radius 1 is 1.27 bits per heavy atom. The molecule has 0 saturated carbocycles. The van der Waals surface area contributed by atoms with Gasteiger partial charge in [0.1, 0.15) is 17.2 Å². The Hall–Kier alpha value is -2.67. The van der Waals surface area contributed by atoms with E-state index in [1.54, 1.807) is 6.07 Å². The summed E-state index contributed by atoms with van der Waals surface area (Å²) in [6.07, 6.45) is 3.90. The van der Waals surface area contributed by atoms with Gasteiger partial charge in [0.05, 0.1) is 18.4 Å². The van der Waals surface area contributed by atoms with Gasteiger partial charge in [-0.25, -0.2) is 9.18 Å². The summed E-state index contributed by atoms with van der Waals surface area (Å²) in [6, 6.07) is 9.69. The van der Waals surface area contributed by atoms with Gasteiger partial charge in [0, 0.05) is 38.1 Å². The topological polar surface area (TPSA) is 57.7 Å². The van der Waals surface area contributed by atoms with E-state index >= 15 is 0 Å². The number of hydrogen-bond donors (Lipinski definition) is 1. The van der Waals surface area contributed by atoms with Gasteiger partial charge in [-0.2, -0.15) is 0 Å². The average molecular weight is 455 g/mol. The summed E-state index contributed by atoms with van der Waals surface area (Å²) in [5, 5.41) is 3.10. The van der Waals surface area contributed by atoms with Crippen LogP contribution < -0.4 is 10.1 Å². The maximum atomic E-state index is 13.3. The summed E-state index contributed by atoms with van der Waals surface area (Å²) in [6.45, 7) is 11.3. The van der Waals surface area contributed by atoms with Crippen LogP contribution in [0.4, 0.5) is 9.18 Å². The number of fused-ring (bicyclic) bond motifs is 1. The quantitative estimate of drug-likeness (QED) is 0.697. The molecule has 0 radical (unpaired) electrons. The third-order valence-electron chi connectivity index (χ3n) is 6.62. The first-order chi connectivity index (χ1) is 15.7. The number of piperidine rings is 1. The number of likely N-dealkylation sites (tertiary alicyclic amines) is 1. The predicted molar refractivity (Wildman–Crippen MR) is 127 cm³/mol. The highest BCUT2D eigenvalue weighted by molar-refractivity contribution is 5.74. The molecule has 6 nitrogen and oxygen atoms in total. The van der Waals surface area contributed by atoms with Gasteiger partial charge in [0.25, 0.3) is 0 Å². The van der Waals surface area contributed by atoms with Crippen LogP contribution in [-0.2, 0) is 19.5 Å². The number of urea groups is 1. The Morgan fingerprint density at radius 3 is 2.70 bits per heavy atom. The Bertz CT molecular complexity index is 969. The summed E-state index contributed by atoms with van der Waals surface area (Å²) in [5.41, 5.74) is 2.74. The molecule has 0 unspecified atom stereocenters. The minimum absolute atomic E-state index is 0.110. The lowest BCUT2D eigenvalue weighted by Crippen LogP contribution is -2.51. The van der Waals surface area contributed by atoms with Crippen molar-refractivity contribution < 1.29 is 13.9 Å². The van der Waals surface area contributed by atoms with Gasteiger partial charge < -0.3 is 19.9 Å². The first-order valence-corrected chi connectivity index (χ1v) is 11.9. The fraction of sp³-hybridized carbons (Fsp3) is 0.538. The van der Waals surface area contributed by atoms with Crippen molar-refractivity contribution in [1.29, 1.82) is 0 Å². The Labute approximate surface area is 196 Å². The lowest BCUT2D eigenvalue weighted by Gasteiger charge is -2.40. The minimum Gasteiger partial charge on any atom is -0.487 e. The van der Waals surface area contributed by atoms with Crippen molar-refractivity contribution in [1.82, 2.24) is 20.1 Å². The van der Waals surface area contributed by atoms with Crippen molar-refractivity contribution in [2.75, 3.05) is 13.1 Å². The second-order valence-electron chi connectivity index (χ2n) is 10.1. The molecule has 0 spiro atoms.